The number of hydrogen-bond acceptors (Lipinski definition) is 1. The molecule has 70 valence electrons. The van der Waals surface area contributed by atoms with Crippen molar-refractivity contribution in [1.29, 1.82) is 0 Å². The Morgan fingerprint density at radius 1 is 1.25 bits per heavy atom. The molecule has 0 saturated carbocycles. The third-order valence-corrected chi connectivity index (χ3v) is 1.98. The van der Waals surface area contributed by atoms with Crippen molar-refractivity contribution >= 4 is 0 Å². The zero-order valence-electron chi connectivity index (χ0n) is 8.78. The summed E-state index contributed by atoms with van der Waals surface area (Å²) in [6, 6.07) is 0. The fourth-order valence-corrected chi connectivity index (χ4v) is 1.29. The highest BCUT2D eigenvalue weighted by Gasteiger charge is 2.02. The van der Waals surface area contributed by atoms with E-state index in [9.17, 15) is 0 Å². The molecule has 0 aromatic heterocycles. The highest BCUT2D eigenvalue weighted by Crippen LogP contribution is 2.15. The molecule has 1 nitrogen and oxygen atoms in total. The van der Waals surface area contributed by atoms with Gasteiger partial charge in [0.15, 0.2) is 0 Å². The first-order chi connectivity index (χ1) is 5.88. The van der Waals surface area contributed by atoms with E-state index in [1.165, 1.54) is 18.4 Å². The lowest BCUT2D eigenvalue weighted by Crippen LogP contribution is -2.14. The van der Waals surface area contributed by atoms with Gasteiger partial charge in [0.25, 0.3) is 0 Å². The summed E-state index contributed by atoms with van der Waals surface area (Å²) in [6.07, 6.45) is 6.57. The van der Waals surface area contributed by atoms with E-state index in [1.54, 1.807) is 5.57 Å². The Morgan fingerprint density at radius 2 is 1.92 bits per heavy atom. The van der Waals surface area contributed by atoms with E-state index in [1.807, 2.05) is 20.0 Å². The molecule has 1 heterocycles. The zero-order valence-corrected chi connectivity index (χ0v) is 8.78. The molecular weight excluding hydrogens is 146 g/mol. The van der Waals surface area contributed by atoms with Crippen LogP contribution in [0.1, 0.15) is 40.5 Å². The van der Waals surface area contributed by atoms with Crippen molar-refractivity contribution in [1.82, 2.24) is 5.32 Å². The predicted octanol–water partition coefficient (Wildman–Crippen LogP) is 3.25. The Hall–Kier alpha value is -0.720. The fraction of sp³-hybridized carbons (Fsp3) is 0.636. The van der Waals surface area contributed by atoms with Crippen LogP contribution in [-0.2, 0) is 0 Å². The minimum Gasteiger partial charge on any atom is -0.387 e. The first-order valence-corrected chi connectivity index (χ1v) is 4.99. The summed E-state index contributed by atoms with van der Waals surface area (Å²) in [5.74, 6) is 0. The lowest BCUT2D eigenvalue weighted by atomic mass is 10.0. The summed E-state index contributed by atoms with van der Waals surface area (Å²) in [5, 5.41) is 3.21. The normalized spacial score (nSPS) is 15.0. The molecule has 0 amide bonds. The smallest absolute Gasteiger partial charge is 0.0360 e. The lowest BCUT2D eigenvalue weighted by Gasteiger charge is -2.14. The first-order valence-electron chi connectivity index (χ1n) is 4.99. The van der Waals surface area contributed by atoms with E-state index in [0.717, 1.165) is 6.54 Å². The Kier molecular flexibility index (Phi) is 6.54. The van der Waals surface area contributed by atoms with Crippen LogP contribution in [0.5, 0.6) is 0 Å². The molecule has 12 heavy (non-hydrogen) atoms. The molecule has 0 atom stereocenters. The van der Waals surface area contributed by atoms with Gasteiger partial charge in [-0.3, -0.25) is 0 Å². The summed E-state index contributed by atoms with van der Waals surface area (Å²) in [6.45, 7) is 9.47. The van der Waals surface area contributed by atoms with Gasteiger partial charge in [0, 0.05) is 6.54 Å². The van der Waals surface area contributed by atoms with Gasteiger partial charge in [0.2, 0.25) is 0 Å². The van der Waals surface area contributed by atoms with Gasteiger partial charge in [-0.15, -0.1) is 0 Å². The third-order valence-electron chi connectivity index (χ3n) is 1.98. The Bertz CT molecular complexity index is 166. The second-order valence-corrected chi connectivity index (χ2v) is 2.55. The highest BCUT2D eigenvalue weighted by molar-refractivity contribution is 5.29. The largest absolute Gasteiger partial charge is 0.387 e. The van der Waals surface area contributed by atoms with Gasteiger partial charge in [-0.25, -0.2) is 0 Å². The minimum atomic E-state index is 1.05. The van der Waals surface area contributed by atoms with Crippen LogP contribution in [0.2, 0.25) is 0 Å². The molecule has 1 aliphatic rings. The van der Waals surface area contributed by atoms with E-state index in [-0.39, 0.29) is 0 Å². The second-order valence-electron chi connectivity index (χ2n) is 2.55. The number of allylic oxidation sites excluding steroid dienone is 2. The average molecular weight is 167 g/mol. The number of hydrogen-bond donors (Lipinski definition) is 1. The zero-order chi connectivity index (χ0) is 9.40. The Labute approximate surface area is 76.6 Å². The van der Waals surface area contributed by atoms with Crippen LogP contribution in [0.3, 0.4) is 0 Å². The molecule has 1 rings (SSSR count). The molecule has 0 spiro atoms. The molecule has 1 heteroatoms. The molecular formula is C11H21N. The summed E-state index contributed by atoms with van der Waals surface area (Å²) in [5.41, 5.74) is 3.08. The summed E-state index contributed by atoms with van der Waals surface area (Å²) >= 11 is 0. The maximum atomic E-state index is 3.21. The van der Waals surface area contributed by atoms with Crippen LogP contribution in [0.25, 0.3) is 0 Å². The number of rotatable bonds is 2. The molecule has 0 fully saturated rings. The van der Waals surface area contributed by atoms with Gasteiger partial charge in [-0.2, -0.15) is 0 Å². The van der Waals surface area contributed by atoms with Crippen LogP contribution in [0.4, 0.5) is 0 Å². The van der Waals surface area contributed by atoms with Gasteiger partial charge < -0.3 is 5.32 Å². The van der Waals surface area contributed by atoms with Crippen molar-refractivity contribution in [3.8, 4) is 0 Å². The first kappa shape index (κ1) is 11.3. The van der Waals surface area contributed by atoms with Crippen LogP contribution in [0, 0.1) is 0 Å². The average Bonchev–Trinajstić information content (AvgIpc) is 2.20. The SMILES string of the molecule is CC.CCC1=C(CC)CNC=C1. The van der Waals surface area contributed by atoms with Crippen LogP contribution < -0.4 is 5.32 Å². The standard InChI is InChI=1S/C9H15N.C2H6/c1-3-8-5-6-10-7-9(8)4-2;1-2/h5-6,10H,3-4,7H2,1-2H3;1-2H3. The molecule has 0 radical (unpaired) electrons. The molecule has 0 bridgehead atoms. The Morgan fingerprint density at radius 3 is 2.33 bits per heavy atom. The van der Waals surface area contributed by atoms with Crippen molar-refractivity contribution in [3.63, 3.8) is 0 Å². The van der Waals surface area contributed by atoms with Gasteiger partial charge in [-0.1, -0.05) is 27.7 Å². The predicted molar refractivity (Wildman–Crippen MR) is 56.1 cm³/mol. The maximum absolute atomic E-state index is 3.21. The second kappa shape index (κ2) is 6.96. The highest BCUT2D eigenvalue weighted by atomic mass is 14.8. The van der Waals surface area contributed by atoms with Gasteiger partial charge >= 0.3 is 0 Å². The molecule has 0 saturated heterocycles. The van der Waals surface area contributed by atoms with Crippen molar-refractivity contribution in [3.05, 3.63) is 23.4 Å². The maximum Gasteiger partial charge on any atom is 0.0360 e. The van der Waals surface area contributed by atoms with E-state index in [2.05, 4.69) is 25.2 Å². The van der Waals surface area contributed by atoms with E-state index in [0.29, 0.717) is 0 Å². The number of dihydropyridines is 1. The van der Waals surface area contributed by atoms with Crippen molar-refractivity contribution in [2.24, 2.45) is 0 Å². The molecule has 0 unspecified atom stereocenters. The van der Waals surface area contributed by atoms with Crippen LogP contribution in [0.15, 0.2) is 23.4 Å². The summed E-state index contributed by atoms with van der Waals surface area (Å²) in [4.78, 5) is 0. The minimum absolute atomic E-state index is 1.05. The van der Waals surface area contributed by atoms with Crippen LogP contribution >= 0.6 is 0 Å². The van der Waals surface area contributed by atoms with Crippen molar-refractivity contribution in [2.45, 2.75) is 40.5 Å². The fourth-order valence-electron chi connectivity index (χ4n) is 1.29. The topological polar surface area (TPSA) is 12.0 Å². The lowest BCUT2D eigenvalue weighted by molar-refractivity contribution is 0.840. The summed E-state index contributed by atoms with van der Waals surface area (Å²) in [7, 11) is 0. The monoisotopic (exact) mass is 167 g/mol. The van der Waals surface area contributed by atoms with E-state index in [4.69, 9.17) is 0 Å². The van der Waals surface area contributed by atoms with Gasteiger partial charge in [-0.05, 0) is 36.3 Å². The third kappa shape index (κ3) is 3.12. The van der Waals surface area contributed by atoms with Gasteiger partial charge in [0.1, 0.15) is 0 Å². The Balaban J connectivity index is 0.000000561. The molecule has 0 aromatic rings. The molecule has 0 aliphatic carbocycles. The number of nitrogens with one attached hydrogen (secondary N) is 1. The van der Waals surface area contributed by atoms with Crippen molar-refractivity contribution in [2.75, 3.05) is 6.54 Å². The van der Waals surface area contributed by atoms with E-state index < -0.39 is 0 Å². The summed E-state index contributed by atoms with van der Waals surface area (Å²) < 4.78 is 0. The molecule has 0 aromatic carbocycles. The van der Waals surface area contributed by atoms with Crippen molar-refractivity contribution < 1.29 is 0 Å². The molecule has 1 aliphatic heterocycles. The van der Waals surface area contributed by atoms with Gasteiger partial charge in [0.05, 0.1) is 0 Å². The quantitative estimate of drug-likeness (QED) is 0.665. The van der Waals surface area contributed by atoms with Crippen LogP contribution in [-0.4, -0.2) is 6.54 Å². The van der Waals surface area contributed by atoms with E-state index >= 15 is 0 Å². The molecule has 1 N–H and O–H groups in total.